The number of likely N-dealkylation sites (tertiary alicyclic amines) is 1. The number of nitrogens with two attached hydrogens (primary N) is 1. The molecular weight excluding hydrogens is 342 g/mol. The minimum absolute atomic E-state index is 0.0302. The van der Waals surface area contributed by atoms with Crippen molar-refractivity contribution in [3.8, 4) is 5.75 Å². The van der Waals surface area contributed by atoms with Gasteiger partial charge in [0, 0.05) is 18.8 Å². The molecule has 1 fully saturated rings. The molecule has 3 aromatic rings. The molecule has 1 aliphatic rings. The third-order valence-electron chi connectivity index (χ3n) is 4.96. The Bertz CT molecular complexity index is 980. The lowest BCUT2D eigenvalue weighted by molar-refractivity contribution is 0.0736. The second kappa shape index (κ2) is 6.90. The summed E-state index contributed by atoms with van der Waals surface area (Å²) >= 11 is 0. The molecule has 7 nitrogen and oxygen atoms in total. The zero-order valence-corrected chi connectivity index (χ0v) is 15.6. The highest BCUT2D eigenvalue weighted by Crippen LogP contribution is 2.34. The van der Waals surface area contributed by atoms with Crippen molar-refractivity contribution < 1.29 is 9.53 Å². The van der Waals surface area contributed by atoms with E-state index in [-0.39, 0.29) is 11.9 Å². The summed E-state index contributed by atoms with van der Waals surface area (Å²) in [6.07, 6.45) is 3.44. The van der Waals surface area contributed by atoms with Crippen LogP contribution in [-0.2, 0) is 0 Å². The summed E-state index contributed by atoms with van der Waals surface area (Å²) in [5.41, 5.74) is 9.19. The van der Waals surface area contributed by atoms with E-state index in [1.165, 1.54) is 4.52 Å². The first-order valence-electron chi connectivity index (χ1n) is 9.23. The summed E-state index contributed by atoms with van der Waals surface area (Å²) in [4.78, 5) is 19.4. The van der Waals surface area contributed by atoms with E-state index in [0.717, 1.165) is 29.8 Å². The van der Waals surface area contributed by atoms with E-state index in [0.29, 0.717) is 30.2 Å². The van der Waals surface area contributed by atoms with Crippen LogP contribution in [0.3, 0.4) is 0 Å². The Morgan fingerprint density at radius 1 is 1.33 bits per heavy atom. The Morgan fingerprint density at radius 2 is 2.11 bits per heavy atom. The number of benzene rings is 1. The Labute approximate surface area is 157 Å². The normalized spacial score (nSPS) is 16.8. The van der Waals surface area contributed by atoms with Crippen molar-refractivity contribution in [2.75, 3.05) is 18.9 Å². The first-order valence-corrected chi connectivity index (χ1v) is 9.23. The molecule has 3 heterocycles. The van der Waals surface area contributed by atoms with Crippen LogP contribution in [0.15, 0.2) is 36.5 Å². The topological polar surface area (TPSA) is 85.8 Å². The number of nitrogen functional groups attached to an aromatic ring is 1. The summed E-state index contributed by atoms with van der Waals surface area (Å²) < 4.78 is 7.04. The van der Waals surface area contributed by atoms with Gasteiger partial charge in [0.05, 0.1) is 18.3 Å². The van der Waals surface area contributed by atoms with Crippen molar-refractivity contribution in [2.45, 2.75) is 32.7 Å². The van der Waals surface area contributed by atoms with Gasteiger partial charge in [-0.1, -0.05) is 12.1 Å². The largest absolute Gasteiger partial charge is 0.494 e. The van der Waals surface area contributed by atoms with Gasteiger partial charge in [0.1, 0.15) is 17.1 Å². The van der Waals surface area contributed by atoms with E-state index < -0.39 is 0 Å². The molecule has 1 aliphatic heterocycles. The van der Waals surface area contributed by atoms with Gasteiger partial charge in [-0.3, -0.25) is 4.79 Å². The maximum atomic E-state index is 13.2. The van der Waals surface area contributed by atoms with Crippen molar-refractivity contribution in [1.29, 1.82) is 0 Å². The van der Waals surface area contributed by atoms with Crippen LogP contribution in [0.1, 0.15) is 47.4 Å². The van der Waals surface area contributed by atoms with Gasteiger partial charge < -0.3 is 15.4 Å². The summed E-state index contributed by atoms with van der Waals surface area (Å²) in [5, 5.41) is 4.33. The molecule has 2 aromatic heterocycles. The highest BCUT2D eigenvalue weighted by atomic mass is 16.5. The van der Waals surface area contributed by atoms with Gasteiger partial charge in [0.15, 0.2) is 5.65 Å². The quantitative estimate of drug-likeness (QED) is 0.768. The molecule has 0 bridgehead atoms. The first kappa shape index (κ1) is 17.3. The monoisotopic (exact) mass is 365 g/mol. The number of nitrogens with zero attached hydrogens (tertiary/aromatic N) is 4. The standard InChI is InChI=1S/C20H23N5O2/c1-3-27-15-8-6-14(7-9-15)17-5-4-10-24(17)20(26)16-12-22-18-11-13(2)23-25(18)19(16)21/h6-9,11-12,17H,3-5,10,21H2,1-2H3/t17-/m1/s1. The second-order valence-corrected chi connectivity index (χ2v) is 6.77. The Balaban J connectivity index is 1.63. The molecule has 7 heteroatoms. The number of aryl methyl sites for hydroxylation is 1. The molecule has 1 atom stereocenters. The second-order valence-electron chi connectivity index (χ2n) is 6.77. The number of fused-ring (bicyclic) bond motifs is 1. The number of aromatic nitrogens is 3. The number of carbonyl (C=O) groups excluding carboxylic acids is 1. The molecule has 2 N–H and O–H groups in total. The first-order chi connectivity index (χ1) is 13.1. The Morgan fingerprint density at radius 3 is 2.85 bits per heavy atom. The van der Waals surface area contributed by atoms with Gasteiger partial charge in [-0.05, 0) is 44.4 Å². The fourth-order valence-electron chi connectivity index (χ4n) is 3.69. The molecule has 1 aromatic carbocycles. The van der Waals surface area contributed by atoms with Crippen molar-refractivity contribution in [3.63, 3.8) is 0 Å². The van der Waals surface area contributed by atoms with Crippen LogP contribution in [0.5, 0.6) is 5.75 Å². The number of amides is 1. The average Bonchev–Trinajstić information content (AvgIpc) is 3.29. The lowest BCUT2D eigenvalue weighted by atomic mass is 10.0. The SMILES string of the molecule is CCOc1ccc([C@H]2CCCN2C(=O)c2cnc3cc(C)nn3c2N)cc1. The molecule has 0 radical (unpaired) electrons. The van der Waals surface area contributed by atoms with Crippen LogP contribution in [0.2, 0.25) is 0 Å². The number of carbonyl (C=O) groups is 1. The maximum Gasteiger partial charge on any atom is 0.259 e. The lowest BCUT2D eigenvalue weighted by Crippen LogP contribution is -2.31. The van der Waals surface area contributed by atoms with Crippen LogP contribution in [0.25, 0.3) is 5.65 Å². The maximum absolute atomic E-state index is 13.2. The predicted molar refractivity (Wildman–Crippen MR) is 103 cm³/mol. The molecule has 1 saturated heterocycles. The van der Waals surface area contributed by atoms with Gasteiger partial charge in [-0.25, -0.2) is 4.98 Å². The average molecular weight is 365 g/mol. The van der Waals surface area contributed by atoms with Crippen LogP contribution in [0, 0.1) is 6.92 Å². The predicted octanol–water partition coefficient (Wildman–Crippen LogP) is 3.00. The van der Waals surface area contributed by atoms with Gasteiger partial charge in [-0.15, -0.1) is 0 Å². The summed E-state index contributed by atoms with van der Waals surface area (Å²) in [7, 11) is 0. The lowest BCUT2D eigenvalue weighted by Gasteiger charge is -2.25. The van der Waals surface area contributed by atoms with Crippen molar-refractivity contribution >= 4 is 17.4 Å². The van der Waals surface area contributed by atoms with Gasteiger partial charge in [0.2, 0.25) is 0 Å². The molecule has 27 heavy (non-hydrogen) atoms. The van der Waals surface area contributed by atoms with Gasteiger partial charge in [-0.2, -0.15) is 9.61 Å². The zero-order valence-electron chi connectivity index (χ0n) is 15.6. The molecule has 0 saturated carbocycles. The number of hydrogen-bond donors (Lipinski definition) is 1. The van der Waals surface area contributed by atoms with Gasteiger partial charge in [0.25, 0.3) is 5.91 Å². The van der Waals surface area contributed by atoms with Crippen molar-refractivity contribution in [3.05, 3.63) is 53.3 Å². The van der Waals surface area contributed by atoms with E-state index in [1.807, 2.05) is 49.1 Å². The van der Waals surface area contributed by atoms with E-state index >= 15 is 0 Å². The van der Waals surface area contributed by atoms with Crippen molar-refractivity contribution in [2.24, 2.45) is 0 Å². The van der Waals surface area contributed by atoms with E-state index in [1.54, 1.807) is 6.20 Å². The van der Waals surface area contributed by atoms with Crippen LogP contribution < -0.4 is 10.5 Å². The fraction of sp³-hybridized carbons (Fsp3) is 0.350. The minimum atomic E-state index is -0.105. The highest BCUT2D eigenvalue weighted by molar-refractivity contribution is 5.98. The molecule has 140 valence electrons. The summed E-state index contributed by atoms with van der Waals surface area (Å²) in [6, 6.07) is 9.83. The fourth-order valence-corrected chi connectivity index (χ4v) is 3.69. The van der Waals surface area contributed by atoms with Crippen LogP contribution >= 0.6 is 0 Å². The third-order valence-corrected chi connectivity index (χ3v) is 4.96. The number of hydrogen-bond acceptors (Lipinski definition) is 5. The van der Waals surface area contributed by atoms with E-state index in [2.05, 4.69) is 10.1 Å². The zero-order chi connectivity index (χ0) is 19.0. The minimum Gasteiger partial charge on any atom is -0.494 e. The molecule has 0 spiro atoms. The molecule has 4 rings (SSSR count). The van der Waals surface area contributed by atoms with E-state index in [4.69, 9.17) is 10.5 Å². The Kier molecular flexibility index (Phi) is 4.43. The van der Waals surface area contributed by atoms with E-state index in [9.17, 15) is 4.79 Å². The number of ether oxygens (including phenoxy) is 1. The summed E-state index contributed by atoms with van der Waals surface area (Å²) in [6.45, 7) is 5.17. The molecule has 1 amide bonds. The Hall–Kier alpha value is -3.09. The number of anilines is 1. The van der Waals surface area contributed by atoms with Crippen molar-refractivity contribution in [1.82, 2.24) is 19.5 Å². The van der Waals surface area contributed by atoms with Crippen LogP contribution in [0.4, 0.5) is 5.82 Å². The molecule has 0 aliphatic carbocycles. The van der Waals surface area contributed by atoms with Gasteiger partial charge >= 0.3 is 0 Å². The third kappa shape index (κ3) is 3.09. The number of rotatable bonds is 4. The van der Waals surface area contributed by atoms with Crippen LogP contribution in [-0.4, -0.2) is 38.6 Å². The smallest absolute Gasteiger partial charge is 0.259 e. The highest BCUT2D eigenvalue weighted by Gasteiger charge is 2.32. The summed E-state index contributed by atoms with van der Waals surface area (Å²) in [5.74, 6) is 1.06. The molecular formula is C20H23N5O2. The molecule has 0 unspecified atom stereocenters.